The summed E-state index contributed by atoms with van der Waals surface area (Å²) in [6.07, 6.45) is 1.87. The first-order valence-electron chi connectivity index (χ1n) is 8.42. The smallest absolute Gasteiger partial charge is 0.250 e. The summed E-state index contributed by atoms with van der Waals surface area (Å²) < 4.78 is 15.2. The van der Waals surface area contributed by atoms with Crippen LogP contribution in [0.4, 0.5) is 4.39 Å². The van der Waals surface area contributed by atoms with Crippen molar-refractivity contribution in [3.8, 4) is 0 Å². The van der Waals surface area contributed by atoms with Crippen molar-refractivity contribution in [1.82, 2.24) is 14.4 Å². The number of carbonyl (C=O) groups is 1. The van der Waals surface area contributed by atoms with Crippen LogP contribution in [0.25, 0.3) is 0 Å². The van der Waals surface area contributed by atoms with Crippen LogP contribution in [0.1, 0.15) is 11.1 Å². The number of hydrogen-bond acceptors (Lipinski definition) is 3. The molecule has 1 aromatic heterocycles. The van der Waals surface area contributed by atoms with E-state index in [9.17, 15) is 14.0 Å². The highest BCUT2D eigenvalue weighted by Gasteiger charge is 2.22. The summed E-state index contributed by atoms with van der Waals surface area (Å²) in [6, 6.07) is 9.99. The summed E-state index contributed by atoms with van der Waals surface area (Å²) in [5.74, 6) is -0.376. The number of aryl methyl sites for hydroxylation is 1. The average molecular weight is 343 g/mol. The van der Waals surface area contributed by atoms with Crippen molar-refractivity contribution in [2.24, 2.45) is 7.05 Å². The second kappa shape index (κ2) is 7.61. The highest BCUT2D eigenvalue weighted by atomic mass is 19.1. The lowest BCUT2D eigenvalue weighted by Gasteiger charge is -2.34. The summed E-state index contributed by atoms with van der Waals surface area (Å²) in [4.78, 5) is 28.1. The van der Waals surface area contributed by atoms with Gasteiger partial charge >= 0.3 is 0 Å². The maximum absolute atomic E-state index is 13.7. The SMILES string of the molecule is Cn1ccc(CN2CCN(C(=O)Cc3ccccc3F)CC2)cc1=O. The minimum absolute atomic E-state index is 0.0174. The van der Waals surface area contributed by atoms with Gasteiger partial charge in [0.25, 0.3) is 5.56 Å². The van der Waals surface area contributed by atoms with Crippen LogP contribution in [0.3, 0.4) is 0 Å². The molecule has 1 saturated heterocycles. The fourth-order valence-corrected chi connectivity index (χ4v) is 3.02. The van der Waals surface area contributed by atoms with E-state index in [1.807, 2.05) is 6.07 Å². The molecule has 1 aromatic carbocycles. The van der Waals surface area contributed by atoms with Gasteiger partial charge in [0.05, 0.1) is 6.42 Å². The first kappa shape index (κ1) is 17.4. The fourth-order valence-electron chi connectivity index (χ4n) is 3.02. The molecule has 0 bridgehead atoms. The molecular formula is C19H22FN3O2. The summed E-state index contributed by atoms with van der Waals surface area (Å²) >= 11 is 0. The molecule has 0 radical (unpaired) electrons. The first-order valence-corrected chi connectivity index (χ1v) is 8.42. The molecule has 25 heavy (non-hydrogen) atoms. The van der Waals surface area contributed by atoms with E-state index in [-0.39, 0.29) is 23.7 Å². The molecule has 5 nitrogen and oxygen atoms in total. The van der Waals surface area contributed by atoms with Gasteiger partial charge in [-0.3, -0.25) is 14.5 Å². The molecule has 0 unspecified atom stereocenters. The first-order chi connectivity index (χ1) is 12.0. The van der Waals surface area contributed by atoms with Crippen LogP contribution in [-0.4, -0.2) is 46.5 Å². The molecular weight excluding hydrogens is 321 g/mol. The zero-order chi connectivity index (χ0) is 17.8. The van der Waals surface area contributed by atoms with Gasteiger partial charge in [0.2, 0.25) is 5.91 Å². The van der Waals surface area contributed by atoms with E-state index < -0.39 is 0 Å². The number of hydrogen-bond donors (Lipinski definition) is 0. The zero-order valence-electron chi connectivity index (χ0n) is 14.3. The van der Waals surface area contributed by atoms with Gasteiger partial charge in [-0.15, -0.1) is 0 Å². The number of benzene rings is 1. The number of aromatic nitrogens is 1. The van der Waals surface area contributed by atoms with Crippen molar-refractivity contribution in [3.63, 3.8) is 0 Å². The van der Waals surface area contributed by atoms with Crippen LogP contribution in [0, 0.1) is 5.82 Å². The van der Waals surface area contributed by atoms with Gasteiger partial charge < -0.3 is 9.47 Å². The predicted octanol–water partition coefficient (Wildman–Crippen LogP) is 1.41. The Morgan fingerprint density at radius 1 is 1.12 bits per heavy atom. The lowest BCUT2D eigenvalue weighted by Crippen LogP contribution is -2.48. The third-order valence-electron chi connectivity index (χ3n) is 4.60. The quantitative estimate of drug-likeness (QED) is 0.843. The monoisotopic (exact) mass is 343 g/mol. The Hall–Kier alpha value is -2.47. The number of amides is 1. The van der Waals surface area contributed by atoms with E-state index in [2.05, 4.69) is 4.90 Å². The average Bonchev–Trinajstić information content (AvgIpc) is 2.61. The van der Waals surface area contributed by atoms with Gasteiger partial charge in [0, 0.05) is 52.0 Å². The van der Waals surface area contributed by atoms with E-state index in [1.165, 1.54) is 6.07 Å². The minimum Gasteiger partial charge on any atom is -0.340 e. The Morgan fingerprint density at radius 2 is 1.84 bits per heavy atom. The van der Waals surface area contributed by atoms with Crippen molar-refractivity contribution >= 4 is 5.91 Å². The molecule has 0 spiro atoms. The van der Waals surface area contributed by atoms with Crippen molar-refractivity contribution in [3.05, 3.63) is 69.9 Å². The van der Waals surface area contributed by atoms with E-state index in [1.54, 1.807) is 47.0 Å². The highest BCUT2D eigenvalue weighted by Crippen LogP contribution is 2.12. The van der Waals surface area contributed by atoms with Gasteiger partial charge in [-0.25, -0.2) is 4.39 Å². The molecule has 0 saturated carbocycles. The van der Waals surface area contributed by atoms with E-state index in [4.69, 9.17) is 0 Å². The lowest BCUT2D eigenvalue weighted by atomic mass is 10.1. The summed E-state index contributed by atoms with van der Waals surface area (Å²) in [5, 5.41) is 0. The summed E-state index contributed by atoms with van der Waals surface area (Å²) in [7, 11) is 1.73. The second-order valence-corrected chi connectivity index (χ2v) is 6.41. The summed E-state index contributed by atoms with van der Waals surface area (Å²) in [6.45, 7) is 3.44. The number of pyridine rings is 1. The number of halogens is 1. The molecule has 0 aliphatic carbocycles. The Bertz CT molecular complexity index is 810. The Morgan fingerprint density at radius 3 is 2.52 bits per heavy atom. The van der Waals surface area contributed by atoms with Crippen LogP contribution in [0.15, 0.2) is 47.4 Å². The number of carbonyl (C=O) groups excluding carboxylic acids is 1. The van der Waals surface area contributed by atoms with Crippen molar-refractivity contribution < 1.29 is 9.18 Å². The molecule has 2 aromatic rings. The maximum atomic E-state index is 13.7. The highest BCUT2D eigenvalue weighted by molar-refractivity contribution is 5.79. The van der Waals surface area contributed by atoms with Crippen molar-refractivity contribution in [2.45, 2.75) is 13.0 Å². The van der Waals surface area contributed by atoms with Crippen molar-refractivity contribution in [2.75, 3.05) is 26.2 Å². The van der Waals surface area contributed by atoms with E-state index in [0.29, 0.717) is 25.2 Å². The second-order valence-electron chi connectivity index (χ2n) is 6.41. The zero-order valence-corrected chi connectivity index (χ0v) is 14.3. The number of nitrogens with zero attached hydrogens (tertiary/aromatic N) is 3. The summed E-state index contributed by atoms with van der Waals surface area (Å²) in [5.41, 5.74) is 1.40. The number of rotatable bonds is 4. The van der Waals surface area contributed by atoms with Gasteiger partial charge in [-0.05, 0) is 23.3 Å². The van der Waals surface area contributed by atoms with Gasteiger partial charge in [0.1, 0.15) is 5.82 Å². The van der Waals surface area contributed by atoms with Gasteiger partial charge in [0.15, 0.2) is 0 Å². The van der Waals surface area contributed by atoms with E-state index >= 15 is 0 Å². The van der Waals surface area contributed by atoms with Crippen molar-refractivity contribution in [1.29, 1.82) is 0 Å². The lowest BCUT2D eigenvalue weighted by molar-refractivity contribution is -0.132. The molecule has 0 atom stereocenters. The Kier molecular flexibility index (Phi) is 5.28. The standard InChI is InChI=1S/C19H22FN3O2/c1-21-7-6-15(12-18(21)24)14-22-8-10-23(11-9-22)19(25)13-16-4-2-3-5-17(16)20/h2-7,12H,8-11,13-14H2,1H3. The molecule has 132 valence electrons. The normalized spacial score (nSPS) is 15.4. The molecule has 1 aliphatic rings. The molecule has 1 fully saturated rings. The third kappa shape index (κ3) is 4.33. The number of piperazine rings is 1. The molecule has 0 N–H and O–H groups in total. The van der Waals surface area contributed by atoms with Crippen LogP contribution in [0.2, 0.25) is 0 Å². The van der Waals surface area contributed by atoms with Gasteiger partial charge in [-0.1, -0.05) is 18.2 Å². The minimum atomic E-state index is -0.333. The topological polar surface area (TPSA) is 45.5 Å². The fraction of sp³-hybridized carbons (Fsp3) is 0.368. The third-order valence-corrected chi connectivity index (χ3v) is 4.60. The Labute approximate surface area is 146 Å². The molecule has 6 heteroatoms. The van der Waals surface area contributed by atoms with Crippen LogP contribution in [-0.2, 0) is 24.8 Å². The molecule has 1 aliphatic heterocycles. The van der Waals surface area contributed by atoms with Crippen LogP contribution in [0.5, 0.6) is 0 Å². The van der Waals surface area contributed by atoms with Crippen LogP contribution < -0.4 is 5.56 Å². The molecule has 1 amide bonds. The largest absolute Gasteiger partial charge is 0.340 e. The molecule has 2 heterocycles. The van der Waals surface area contributed by atoms with Crippen LogP contribution >= 0.6 is 0 Å². The Balaban J connectivity index is 1.53. The maximum Gasteiger partial charge on any atom is 0.250 e. The molecule has 3 rings (SSSR count). The predicted molar refractivity (Wildman–Crippen MR) is 93.6 cm³/mol. The van der Waals surface area contributed by atoms with E-state index in [0.717, 1.165) is 18.7 Å². The van der Waals surface area contributed by atoms with Gasteiger partial charge in [-0.2, -0.15) is 0 Å².